The maximum absolute atomic E-state index is 12.4. The first kappa shape index (κ1) is 17.5. The van der Waals surface area contributed by atoms with Gasteiger partial charge in [-0.25, -0.2) is 4.98 Å². The van der Waals surface area contributed by atoms with Crippen molar-refractivity contribution in [1.82, 2.24) is 10.3 Å². The molecule has 1 amide bonds. The van der Waals surface area contributed by atoms with Crippen LogP contribution < -0.4 is 10.6 Å². The fraction of sp³-hybridized carbons (Fsp3) is 0.429. The number of anilines is 1. The van der Waals surface area contributed by atoms with Crippen LogP contribution in [0.15, 0.2) is 48.7 Å². The zero-order valence-corrected chi connectivity index (χ0v) is 14.9. The summed E-state index contributed by atoms with van der Waals surface area (Å²) in [4.78, 5) is 16.7. The number of amides is 1. The summed E-state index contributed by atoms with van der Waals surface area (Å²) in [6, 6.07) is 14.5. The van der Waals surface area contributed by atoms with Gasteiger partial charge in [-0.2, -0.15) is 0 Å². The molecule has 0 bridgehead atoms. The average Bonchev–Trinajstić information content (AvgIpc) is 2.91. The van der Waals surface area contributed by atoms with Crippen LogP contribution >= 0.6 is 0 Å². The maximum Gasteiger partial charge on any atom is 0.270 e. The van der Waals surface area contributed by atoms with E-state index in [0.29, 0.717) is 11.7 Å². The minimum atomic E-state index is -0.0606. The molecule has 1 atom stereocenters. The summed E-state index contributed by atoms with van der Waals surface area (Å²) in [5, 5.41) is 6.56. The average molecular weight is 337 g/mol. The highest BCUT2D eigenvalue weighted by Crippen LogP contribution is 2.19. The first-order chi connectivity index (χ1) is 12.2. The first-order valence-corrected chi connectivity index (χ1v) is 9.31. The summed E-state index contributed by atoms with van der Waals surface area (Å²) < 4.78 is 0. The van der Waals surface area contributed by atoms with Gasteiger partial charge in [-0.05, 0) is 37.5 Å². The molecule has 3 rings (SSSR count). The lowest BCUT2D eigenvalue weighted by Crippen LogP contribution is -2.34. The molecule has 2 N–H and O–H groups in total. The third kappa shape index (κ3) is 5.05. The molecular weight excluding hydrogens is 310 g/mol. The van der Waals surface area contributed by atoms with Gasteiger partial charge < -0.3 is 10.6 Å². The maximum atomic E-state index is 12.4. The Bertz CT molecular complexity index is 661. The molecule has 25 heavy (non-hydrogen) atoms. The van der Waals surface area contributed by atoms with E-state index in [-0.39, 0.29) is 11.9 Å². The van der Waals surface area contributed by atoms with Crippen LogP contribution in [0.25, 0.3) is 0 Å². The smallest absolute Gasteiger partial charge is 0.270 e. The van der Waals surface area contributed by atoms with Gasteiger partial charge in [-0.3, -0.25) is 4.79 Å². The lowest BCUT2D eigenvalue weighted by Gasteiger charge is -2.17. The van der Waals surface area contributed by atoms with Crippen molar-refractivity contribution in [1.29, 1.82) is 0 Å². The molecule has 4 heteroatoms. The summed E-state index contributed by atoms with van der Waals surface area (Å²) >= 11 is 0. The molecule has 2 aromatic rings. The zero-order valence-electron chi connectivity index (χ0n) is 14.9. The SMILES string of the molecule is CC(Nc1ccc(C(=O)NC2CCCCCC2)nc1)c1ccccc1. The van der Waals surface area contributed by atoms with Gasteiger partial charge in [0.05, 0.1) is 11.9 Å². The molecule has 1 aliphatic carbocycles. The van der Waals surface area contributed by atoms with Crippen molar-refractivity contribution in [2.24, 2.45) is 0 Å². The molecule has 132 valence electrons. The van der Waals surface area contributed by atoms with Gasteiger partial charge in [-0.1, -0.05) is 56.0 Å². The van der Waals surface area contributed by atoms with E-state index in [4.69, 9.17) is 0 Å². The van der Waals surface area contributed by atoms with Crippen molar-refractivity contribution >= 4 is 11.6 Å². The second-order valence-electron chi connectivity index (χ2n) is 6.87. The van der Waals surface area contributed by atoms with Crippen molar-refractivity contribution in [3.05, 3.63) is 59.9 Å². The second-order valence-corrected chi connectivity index (χ2v) is 6.87. The van der Waals surface area contributed by atoms with Gasteiger partial charge in [-0.15, -0.1) is 0 Å². The van der Waals surface area contributed by atoms with Crippen molar-refractivity contribution in [2.75, 3.05) is 5.32 Å². The molecule has 1 heterocycles. The summed E-state index contributed by atoms with van der Waals surface area (Å²) in [6.45, 7) is 2.11. The molecule has 1 aliphatic rings. The third-order valence-corrected chi connectivity index (χ3v) is 4.87. The number of carbonyl (C=O) groups is 1. The lowest BCUT2D eigenvalue weighted by molar-refractivity contribution is 0.0928. The van der Waals surface area contributed by atoms with Gasteiger partial charge in [0.2, 0.25) is 0 Å². The van der Waals surface area contributed by atoms with Crippen molar-refractivity contribution in [3.63, 3.8) is 0 Å². The molecular formula is C21H27N3O. The molecule has 1 aromatic heterocycles. The molecule has 1 saturated carbocycles. The highest BCUT2D eigenvalue weighted by molar-refractivity contribution is 5.92. The van der Waals surface area contributed by atoms with Crippen molar-refractivity contribution in [3.8, 4) is 0 Å². The number of benzene rings is 1. The normalized spacial score (nSPS) is 16.7. The summed E-state index contributed by atoms with van der Waals surface area (Å²) in [7, 11) is 0. The first-order valence-electron chi connectivity index (χ1n) is 9.31. The van der Waals surface area contributed by atoms with E-state index in [2.05, 4.69) is 34.7 Å². The molecule has 4 nitrogen and oxygen atoms in total. The highest BCUT2D eigenvalue weighted by atomic mass is 16.1. The Morgan fingerprint density at radius 2 is 1.76 bits per heavy atom. The number of aromatic nitrogens is 1. The van der Waals surface area contributed by atoms with Crippen molar-refractivity contribution in [2.45, 2.75) is 57.5 Å². The number of hydrogen-bond acceptors (Lipinski definition) is 3. The number of rotatable bonds is 5. The number of carbonyl (C=O) groups excluding carboxylic acids is 1. The molecule has 0 saturated heterocycles. The van der Waals surface area contributed by atoms with E-state index in [1.54, 1.807) is 12.3 Å². The van der Waals surface area contributed by atoms with Crippen LogP contribution in [0.4, 0.5) is 5.69 Å². The Hall–Kier alpha value is -2.36. The minimum absolute atomic E-state index is 0.0606. The van der Waals surface area contributed by atoms with E-state index < -0.39 is 0 Å². The van der Waals surface area contributed by atoms with Crippen LogP contribution in [0.2, 0.25) is 0 Å². The van der Waals surface area contributed by atoms with E-state index in [1.165, 1.54) is 31.2 Å². The molecule has 1 unspecified atom stereocenters. The van der Waals surface area contributed by atoms with E-state index in [1.807, 2.05) is 24.3 Å². The molecule has 0 radical (unpaired) electrons. The Balaban J connectivity index is 1.57. The third-order valence-electron chi connectivity index (χ3n) is 4.87. The van der Waals surface area contributed by atoms with Gasteiger partial charge in [0.15, 0.2) is 0 Å². The van der Waals surface area contributed by atoms with Crippen molar-refractivity contribution < 1.29 is 4.79 Å². The summed E-state index contributed by atoms with van der Waals surface area (Å²) in [5.41, 5.74) is 2.63. The monoisotopic (exact) mass is 337 g/mol. The number of hydrogen-bond donors (Lipinski definition) is 2. The molecule has 1 fully saturated rings. The largest absolute Gasteiger partial charge is 0.377 e. The second kappa shape index (κ2) is 8.65. The zero-order chi connectivity index (χ0) is 17.5. The van der Waals surface area contributed by atoms with E-state index in [9.17, 15) is 4.79 Å². The Labute approximate surface area is 150 Å². The van der Waals surface area contributed by atoms with Gasteiger partial charge >= 0.3 is 0 Å². The predicted molar refractivity (Wildman–Crippen MR) is 102 cm³/mol. The molecule has 0 spiro atoms. The van der Waals surface area contributed by atoms with E-state index in [0.717, 1.165) is 18.5 Å². The summed E-state index contributed by atoms with van der Waals surface area (Å²) in [5.74, 6) is -0.0606. The highest BCUT2D eigenvalue weighted by Gasteiger charge is 2.16. The van der Waals surface area contributed by atoms with Crippen LogP contribution in [0.3, 0.4) is 0 Å². The topological polar surface area (TPSA) is 54.0 Å². The van der Waals surface area contributed by atoms with Crippen LogP contribution in [0.1, 0.15) is 67.5 Å². The Morgan fingerprint density at radius 1 is 1.04 bits per heavy atom. The number of pyridine rings is 1. The fourth-order valence-electron chi connectivity index (χ4n) is 3.37. The number of nitrogens with one attached hydrogen (secondary N) is 2. The quantitative estimate of drug-likeness (QED) is 0.777. The lowest BCUT2D eigenvalue weighted by atomic mass is 10.1. The van der Waals surface area contributed by atoms with E-state index >= 15 is 0 Å². The Morgan fingerprint density at radius 3 is 2.40 bits per heavy atom. The van der Waals surface area contributed by atoms with Gasteiger partial charge in [0.25, 0.3) is 5.91 Å². The van der Waals surface area contributed by atoms with Gasteiger partial charge in [0, 0.05) is 12.1 Å². The van der Waals surface area contributed by atoms with Gasteiger partial charge in [0.1, 0.15) is 5.69 Å². The van der Waals surface area contributed by atoms with Crippen LogP contribution in [-0.2, 0) is 0 Å². The van der Waals surface area contributed by atoms with Crippen LogP contribution in [0.5, 0.6) is 0 Å². The minimum Gasteiger partial charge on any atom is -0.377 e. The van der Waals surface area contributed by atoms with Crippen LogP contribution in [0, 0.1) is 0 Å². The Kier molecular flexibility index (Phi) is 6.04. The fourth-order valence-corrected chi connectivity index (χ4v) is 3.37. The standard InChI is InChI=1S/C21H27N3O/c1-16(17-9-5-4-6-10-17)23-19-13-14-20(22-15-19)21(25)24-18-11-7-2-3-8-12-18/h4-6,9-10,13-16,18,23H,2-3,7-8,11-12H2,1H3,(H,24,25). The van der Waals surface area contributed by atoms with Crippen LogP contribution in [-0.4, -0.2) is 16.9 Å². The molecule has 1 aromatic carbocycles. The number of nitrogens with zero attached hydrogens (tertiary/aromatic N) is 1. The predicted octanol–water partition coefficient (Wildman–Crippen LogP) is 4.71. The molecule has 0 aliphatic heterocycles. The summed E-state index contributed by atoms with van der Waals surface area (Å²) in [6.07, 6.45) is 8.88.